The van der Waals surface area contributed by atoms with Crippen LogP contribution in [0.3, 0.4) is 0 Å². The Hall–Kier alpha value is -1.72. The van der Waals surface area contributed by atoms with Crippen molar-refractivity contribution in [2.45, 2.75) is 0 Å². The Morgan fingerprint density at radius 1 is 0.905 bits per heavy atom. The van der Waals surface area contributed by atoms with E-state index in [2.05, 4.69) is 37.0 Å². The predicted molar refractivity (Wildman–Crippen MR) is 89.8 cm³/mol. The smallest absolute Gasteiger partial charge is 0.153 e. The fraction of sp³-hybridized carbons (Fsp3) is 0. The fourth-order valence-electron chi connectivity index (χ4n) is 2.03. The summed E-state index contributed by atoms with van der Waals surface area (Å²) in [5, 5.41) is 4.54. The van der Waals surface area contributed by atoms with Crippen LogP contribution in [-0.4, -0.2) is 16.1 Å². The van der Waals surface area contributed by atoms with Crippen molar-refractivity contribution in [3.8, 4) is 16.9 Å². The van der Waals surface area contributed by atoms with Gasteiger partial charge in [0.15, 0.2) is 6.29 Å². The van der Waals surface area contributed by atoms with Gasteiger partial charge in [-0.25, -0.2) is 4.68 Å². The molecule has 3 aromatic rings. The fourth-order valence-corrected chi connectivity index (χ4v) is 2.56. The van der Waals surface area contributed by atoms with Crippen LogP contribution in [0.2, 0.25) is 0 Å². The van der Waals surface area contributed by atoms with Gasteiger partial charge in [0.05, 0.1) is 11.3 Å². The lowest BCUT2D eigenvalue weighted by Crippen LogP contribution is -1.94. The zero-order chi connectivity index (χ0) is 14.8. The van der Waals surface area contributed by atoms with Gasteiger partial charge in [0.2, 0.25) is 0 Å². The minimum Gasteiger partial charge on any atom is -0.298 e. The summed E-state index contributed by atoms with van der Waals surface area (Å²) in [7, 11) is 0. The molecule has 0 saturated heterocycles. The van der Waals surface area contributed by atoms with Gasteiger partial charge in [0.1, 0.15) is 5.69 Å². The van der Waals surface area contributed by atoms with Crippen LogP contribution in [0.4, 0.5) is 0 Å². The van der Waals surface area contributed by atoms with Crippen molar-refractivity contribution >= 4 is 38.1 Å². The van der Waals surface area contributed by atoms with E-state index in [4.69, 9.17) is 0 Å². The van der Waals surface area contributed by atoms with Crippen LogP contribution in [0.5, 0.6) is 0 Å². The van der Waals surface area contributed by atoms with E-state index in [0.717, 1.165) is 26.5 Å². The third kappa shape index (κ3) is 2.99. The molecule has 0 saturated carbocycles. The van der Waals surface area contributed by atoms with Gasteiger partial charge in [0, 0.05) is 20.7 Å². The Kier molecular flexibility index (Phi) is 4.03. The van der Waals surface area contributed by atoms with Gasteiger partial charge in [-0.2, -0.15) is 5.10 Å². The molecule has 2 aromatic carbocycles. The van der Waals surface area contributed by atoms with Crippen LogP contribution in [0.15, 0.2) is 63.7 Å². The zero-order valence-electron chi connectivity index (χ0n) is 10.8. The van der Waals surface area contributed by atoms with Crippen LogP contribution < -0.4 is 0 Å². The SMILES string of the molecule is O=Cc1cn(-c2ccc(Br)cc2)nc1-c1ccc(Br)cc1. The van der Waals surface area contributed by atoms with Crippen LogP contribution in [0.25, 0.3) is 16.9 Å². The molecule has 0 unspecified atom stereocenters. The molecule has 0 radical (unpaired) electrons. The number of rotatable bonds is 3. The summed E-state index contributed by atoms with van der Waals surface area (Å²) < 4.78 is 3.71. The minimum absolute atomic E-state index is 0.570. The molecule has 1 aromatic heterocycles. The van der Waals surface area contributed by atoms with E-state index in [1.165, 1.54) is 0 Å². The lowest BCUT2D eigenvalue weighted by molar-refractivity contribution is 0.112. The first kappa shape index (κ1) is 14.2. The van der Waals surface area contributed by atoms with Crippen molar-refractivity contribution in [1.29, 1.82) is 0 Å². The summed E-state index contributed by atoms with van der Waals surface area (Å²) in [6.07, 6.45) is 2.58. The van der Waals surface area contributed by atoms with Crippen molar-refractivity contribution in [3.05, 3.63) is 69.2 Å². The van der Waals surface area contributed by atoms with Gasteiger partial charge < -0.3 is 0 Å². The second kappa shape index (κ2) is 5.95. The highest BCUT2D eigenvalue weighted by molar-refractivity contribution is 9.10. The molecule has 0 atom stereocenters. The monoisotopic (exact) mass is 404 g/mol. The third-order valence-corrected chi connectivity index (χ3v) is 4.14. The van der Waals surface area contributed by atoms with Gasteiger partial charge in [-0.1, -0.05) is 44.0 Å². The maximum atomic E-state index is 11.3. The molecule has 0 bridgehead atoms. The maximum absolute atomic E-state index is 11.3. The quantitative estimate of drug-likeness (QED) is 0.582. The average molecular weight is 406 g/mol. The summed E-state index contributed by atoms with van der Waals surface area (Å²) >= 11 is 6.81. The summed E-state index contributed by atoms with van der Waals surface area (Å²) in [6, 6.07) is 15.5. The molecule has 0 amide bonds. The molecule has 104 valence electrons. The molecule has 0 aliphatic heterocycles. The van der Waals surface area contributed by atoms with Crippen LogP contribution in [0, 0.1) is 0 Å². The van der Waals surface area contributed by atoms with Crippen molar-refractivity contribution in [2.24, 2.45) is 0 Å². The van der Waals surface area contributed by atoms with Crippen molar-refractivity contribution in [2.75, 3.05) is 0 Å². The number of aromatic nitrogens is 2. The Bertz CT molecular complexity index is 777. The lowest BCUT2D eigenvalue weighted by Gasteiger charge is -2.01. The average Bonchev–Trinajstić information content (AvgIpc) is 2.93. The molecule has 0 aliphatic rings. The second-order valence-corrected chi connectivity index (χ2v) is 6.31. The topological polar surface area (TPSA) is 34.9 Å². The number of aldehydes is 1. The molecular formula is C16H10Br2N2O. The Balaban J connectivity index is 2.08. The predicted octanol–water partition coefficient (Wildman–Crippen LogP) is 4.88. The molecule has 3 nitrogen and oxygen atoms in total. The second-order valence-electron chi connectivity index (χ2n) is 4.48. The number of benzene rings is 2. The highest BCUT2D eigenvalue weighted by Gasteiger charge is 2.11. The highest BCUT2D eigenvalue weighted by Crippen LogP contribution is 2.24. The van der Waals surface area contributed by atoms with E-state index in [1.807, 2.05) is 48.5 Å². The first-order valence-electron chi connectivity index (χ1n) is 6.24. The normalized spacial score (nSPS) is 10.6. The molecule has 0 N–H and O–H groups in total. The summed E-state index contributed by atoms with van der Waals surface area (Å²) in [5.41, 5.74) is 3.07. The number of nitrogens with zero attached hydrogens (tertiary/aromatic N) is 2. The Morgan fingerprint density at radius 3 is 2.05 bits per heavy atom. The summed E-state index contributed by atoms with van der Waals surface area (Å²) in [5.74, 6) is 0. The van der Waals surface area contributed by atoms with Crippen molar-refractivity contribution < 1.29 is 4.79 Å². The van der Waals surface area contributed by atoms with Crippen LogP contribution in [0.1, 0.15) is 10.4 Å². The Morgan fingerprint density at radius 2 is 1.48 bits per heavy atom. The molecule has 0 fully saturated rings. The van der Waals surface area contributed by atoms with Crippen molar-refractivity contribution in [3.63, 3.8) is 0 Å². The van der Waals surface area contributed by atoms with Crippen LogP contribution in [-0.2, 0) is 0 Å². The van der Waals surface area contributed by atoms with Gasteiger partial charge in [0.25, 0.3) is 0 Å². The molecular weight excluding hydrogens is 396 g/mol. The zero-order valence-corrected chi connectivity index (χ0v) is 14.0. The van der Waals surface area contributed by atoms with Crippen LogP contribution >= 0.6 is 31.9 Å². The molecule has 3 rings (SSSR count). The number of hydrogen-bond donors (Lipinski definition) is 0. The highest BCUT2D eigenvalue weighted by atomic mass is 79.9. The van der Waals surface area contributed by atoms with Gasteiger partial charge in [-0.15, -0.1) is 0 Å². The standard InChI is InChI=1S/C16H10Br2N2O/c17-13-3-1-11(2-4-13)16-12(10-21)9-20(19-16)15-7-5-14(18)6-8-15/h1-10H. The largest absolute Gasteiger partial charge is 0.298 e. The van der Waals surface area contributed by atoms with E-state index in [1.54, 1.807) is 10.9 Å². The van der Waals surface area contributed by atoms with E-state index in [-0.39, 0.29) is 0 Å². The Labute approximate surface area is 138 Å². The van der Waals surface area contributed by atoms with E-state index in [0.29, 0.717) is 11.3 Å². The molecule has 0 aliphatic carbocycles. The lowest BCUT2D eigenvalue weighted by atomic mass is 10.1. The first-order valence-corrected chi connectivity index (χ1v) is 7.83. The summed E-state index contributed by atoms with van der Waals surface area (Å²) in [6.45, 7) is 0. The third-order valence-electron chi connectivity index (χ3n) is 3.08. The molecule has 21 heavy (non-hydrogen) atoms. The number of carbonyl (C=O) groups is 1. The number of halogens is 2. The minimum atomic E-state index is 0.570. The van der Waals surface area contributed by atoms with E-state index < -0.39 is 0 Å². The molecule has 1 heterocycles. The van der Waals surface area contributed by atoms with E-state index >= 15 is 0 Å². The maximum Gasteiger partial charge on any atom is 0.153 e. The molecule has 5 heteroatoms. The van der Waals surface area contributed by atoms with Crippen molar-refractivity contribution in [1.82, 2.24) is 9.78 Å². The van der Waals surface area contributed by atoms with Gasteiger partial charge in [-0.05, 0) is 36.4 Å². The first-order chi connectivity index (χ1) is 10.2. The summed E-state index contributed by atoms with van der Waals surface area (Å²) in [4.78, 5) is 11.3. The molecule has 0 spiro atoms. The van der Waals surface area contributed by atoms with Gasteiger partial charge >= 0.3 is 0 Å². The number of hydrogen-bond acceptors (Lipinski definition) is 2. The number of carbonyl (C=O) groups excluding carboxylic acids is 1. The van der Waals surface area contributed by atoms with E-state index in [9.17, 15) is 4.79 Å². The van der Waals surface area contributed by atoms with Gasteiger partial charge in [-0.3, -0.25) is 4.79 Å².